The summed E-state index contributed by atoms with van der Waals surface area (Å²) in [5, 5.41) is 37.1. The number of carbonyl (C=O) groups is 1. The second-order valence-corrected chi connectivity index (χ2v) is 4.31. The molecule has 0 amide bonds. The highest BCUT2D eigenvalue weighted by Gasteiger charge is 2.30. The van der Waals surface area contributed by atoms with Gasteiger partial charge in [-0.1, -0.05) is 13.8 Å². The van der Waals surface area contributed by atoms with E-state index in [0.717, 1.165) is 12.1 Å². The van der Waals surface area contributed by atoms with Crippen molar-refractivity contribution in [1.82, 2.24) is 0 Å². The molecule has 0 aliphatic heterocycles. The van der Waals surface area contributed by atoms with Crippen LogP contribution in [0.25, 0.3) is 0 Å². The van der Waals surface area contributed by atoms with Gasteiger partial charge in [0.05, 0.1) is 6.42 Å². The molecule has 0 fully saturated rings. The minimum absolute atomic E-state index is 0.118. The van der Waals surface area contributed by atoms with Gasteiger partial charge >= 0.3 is 5.97 Å². The lowest BCUT2D eigenvalue weighted by Gasteiger charge is -2.25. The maximum absolute atomic E-state index is 10.7. The van der Waals surface area contributed by atoms with E-state index in [0.29, 0.717) is 0 Å². The van der Waals surface area contributed by atoms with Crippen molar-refractivity contribution in [2.45, 2.75) is 25.7 Å². The van der Waals surface area contributed by atoms with Gasteiger partial charge in [-0.15, -0.1) is 0 Å². The Kier molecular flexibility index (Phi) is 2.98. The smallest absolute Gasteiger partial charge is 0.304 e. The quantitative estimate of drug-likeness (QED) is 0.627. The second kappa shape index (κ2) is 3.92. The van der Waals surface area contributed by atoms with Crippen molar-refractivity contribution in [2.24, 2.45) is 0 Å². The van der Waals surface area contributed by atoms with Gasteiger partial charge in [0.25, 0.3) is 0 Å². The van der Waals surface area contributed by atoms with Crippen LogP contribution >= 0.6 is 0 Å². The van der Waals surface area contributed by atoms with Gasteiger partial charge in [-0.25, -0.2) is 0 Å². The Morgan fingerprint density at radius 1 is 1.19 bits per heavy atom. The standard InChI is InChI=1S/C11H14O5/c1-11(2,5-9(15)16)10-7(13)3-6(12)4-8(10)14/h3-4,12-14H,5H2,1-2H3,(H,15,16). The first-order valence-electron chi connectivity index (χ1n) is 4.71. The molecular weight excluding hydrogens is 212 g/mol. The van der Waals surface area contributed by atoms with Crippen molar-refractivity contribution in [2.75, 3.05) is 0 Å². The molecular formula is C11H14O5. The van der Waals surface area contributed by atoms with Gasteiger partial charge in [-0.2, -0.15) is 0 Å². The number of hydrogen-bond donors (Lipinski definition) is 4. The summed E-state index contributed by atoms with van der Waals surface area (Å²) >= 11 is 0. The molecule has 0 aliphatic carbocycles. The number of benzene rings is 1. The van der Waals surface area contributed by atoms with Gasteiger partial charge in [-0.3, -0.25) is 4.79 Å². The van der Waals surface area contributed by atoms with E-state index in [4.69, 9.17) is 10.2 Å². The summed E-state index contributed by atoms with van der Waals surface area (Å²) in [4.78, 5) is 10.7. The number of carboxylic acid groups (broad SMARTS) is 1. The average molecular weight is 226 g/mol. The summed E-state index contributed by atoms with van der Waals surface area (Å²) in [5.41, 5.74) is -0.805. The molecule has 0 aromatic heterocycles. The maximum atomic E-state index is 10.7. The highest BCUT2D eigenvalue weighted by atomic mass is 16.4. The molecule has 0 atom stereocenters. The van der Waals surface area contributed by atoms with E-state index < -0.39 is 11.4 Å². The maximum Gasteiger partial charge on any atom is 0.304 e. The van der Waals surface area contributed by atoms with Gasteiger partial charge in [-0.05, 0) is 0 Å². The fourth-order valence-electron chi connectivity index (χ4n) is 1.76. The molecule has 0 saturated heterocycles. The highest BCUT2D eigenvalue weighted by molar-refractivity contribution is 5.70. The topological polar surface area (TPSA) is 98.0 Å². The minimum atomic E-state index is -1.03. The molecule has 5 nitrogen and oxygen atoms in total. The van der Waals surface area contributed by atoms with E-state index in [1.54, 1.807) is 13.8 Å². The zero-order chi connectivity index (χ0) is 12.5. The molecule has 1 aromatic rings. The number of rotatable bonds is 3. The molecule has 0 saturated carbocycles. The van der Waals surface area contributed by atoms with E-state index in [9.17, 15) is 15.0 Å². The van der Waals surface area contributed by atoms with Crippen molar-refractivity contribution in [1.29, 1.82) is 0 Å². The van der Waals surface area contributed by atoms with Gasteiger partial charge in [0.2, 0.25) is 0 Å². The predicted molar refractivity (Wildman–Crippen MR) is 56.7 cm³/mol. The first kappa shape index (κ1) is 12.2. The van der Waals surface area contributed by atoms with Crippen molar-refractivity contribution in [3.63, 3.8) is 0 Å². The monoisotopic (exact) mass is 226 g/mol. The summed E-state index contributed by atoms with van der Waals surface area (Å²) < 4.78 is 0. The third kappa shape index (κ3) is 2.36. The van der Waals surface area contributed by atoms with Crippen LogP contribution < -0.4 is 0 Å². The molecule has 0 unspecified atom stereocenters. The molecule has 0 aliphatic rings. The molecule has 1 rings (SSSR count). The van der Waals surface area contributed by atoms with Crippen LogP contribution in [0.15, 0.2) is 12.1 Å². The number of carboxylic acids is 1. The van der Waals surface area contributed by atoms with Crippen LogP contribution in [0.3, 0.4) is 0 Å². The molecule has 16 heavy (non-hydrogen) atoms. The van der Waals surface area contributed by atoms with Crippen LogP contribution in [0.2, 0.25) is 0 Å². The lowest BCUT2D eigenvalue weighted by atomic mass is 9.80. The Balaban J connectivity index is 3.27. The molecule has 4 N–H and O–H groups in total. The Morgan fingerprint density at radius 3 is 2.00 bits per heavy atom. The van der Waals surface area contributed by atoms with Gasteiger partial charge < -0.3 is 20.4 Å². The summed E-state index contributed by atoms with van der Waals surface area (Å²) in [6.45, 7) is 3.18. The average Bonchev–Trinajstić information content (AvgIpc) is 1.96. The zero-order valence-electron chi connectivity index (χ0n) is 9.06. The number of aliphatic carboxylic acids is 1. The molecule has 1 aromatic carbocycles. The van der Waals surface area contributed by atoms with Crippen molar-refractivity contribution in [3.8, 4) is 17.2 Å². The van der Waals surface area contributed by atoms with Crippen molar-refractivity contribution in [3.05, 3.63) is 17.7 Å². The Bertz CT molecular complexity index is 399. The molecule has 0 bridgehead atoms. The van der Waals surface area contributed by atoms with E-state index in [-0.39, 0.29) is 29.2 Å². The van der Waals surface area contributed by atoms with Crippen LogP contribution in [0.4, 0.5) is 0 Å². The predicted octanol–water partition coefficient (Wildman–Crippen LogP) is 1.56. The van der Waals surface area contributed by atoms with Gasteiger partial charge in [0.15, 0.2) is 0 Å². The third-order valence-electron chi connectivity index (χ3n) is 2.35. The van der Waals surface area contributed by atoms with Crippen molar-refractivity contribution < 1.29 is 25.2 Å². The van der Waals surface area contributed by atoms with Crippen LogP contribution in [0.5, 0.6) is 17.2 Å². The summed E-state index contributed by atoms with van der Waals surface area (Å²) in [6.07, 6.45) is -0.237. The Hall–Kier alpha value is -1.91. The van der Waals surface area contributed by atoms with Crippen LogP contribution in [-0.4, -0.2) is 26.4 Å². The van der Waals surface area contributed by atoms with E-state index in [2.05, 4.69) is 0 Å². The number of phenolic OH excluding ortho intramolecular Hbond substituents is 3. The van der Waals surface area contributed by atoms with Gasteiger partial charge in [0, 0.05) is 23.1 Å². The fourth-order valence-corrected chi connectivity index (χ4v) is 1.76. The Labute approximate surface area is 92.6 Å². The van der Waals surface area contributed by atoms with E-state index in [1.165, 1.54) is 0 Å². The zero-order valence-corrected chi connectivity index (χ0v) is 9.06. The van der Waals surface area contributed by atoms with E-state index in [1.807, 2.05) is 0 Å². The van der Waals surface area contributed by atoms with Gasteiger partial charge in [0.1, 0.15) is 17.2 Å². The third-order valence-corrected chi connectivity index (χ3v) is 2.35. The first-order valence-corrected chi connectivity index (χ1v) is 4.71. The largest absolute Gasteiger partial charge is 0.508 e. The minimum Gasteiger partial charge on any atom is -0.508 e. The molecule has 0 radical (unpaired) electrons. The Morgan fingerprint density at radius 2 is 1.62 bits per heavy atom. The summed E-state index contributed by atoms with van der Waals surface area (Å²) in [6, 6.07) is 2.14. The van der Waals surface area contributed by atoms with E-state index >= 15 is 0 Å². The lowest BCUT2D eigenvalue weighted by molar-refractivity contribution is -0.138. The highest BCUT2D eigenvalue weighted by Crippen LogP contribution is 2.42. The van der Waals surface area contributed by atoms with Crippen LogP contribution in [0, 0.1) is 0 Å². The summed E-state index contributed by atoms with van der Waals surface area (Å²) in [7, 11) is 0. The number of hydrogen-bond acceptors (Lipinski definition) is 4. The molecule has 0 spiro atoms. The van der Waals surface area contributed by atoms with Crippen LogP contribution in [-0.2, 0) is 10.2 Å². The normalized spacial score (nSPS) is 11.4. The number of aromatic hydroxyl groups is 3. The van der Waals surface area contributed by atoms with Crippen molar-refractivity contribution >= 4 is 5.97 Å². The number of phenols is 3. The lowest BCUT2D eigenvalue weighted by Crippen LogP contribution is -2.21. The second-order valence-electron chi connectivity index (χ2n) is 4.31. The van der Waals surface area contributed by atoms with Crippen LogP contribution in [0.1, 0.15) is 25.8 Å². The molecule has 0 heterocycles. The first-order chi connectivity index (χ1) is 7.24. The fraction of sp³-hybridized carbons (Fsp3) is 0.364. The summed E-state index contributed by atoms with van der Waals surface area (Å²) in [5.74, 6) is -1.94. The SMILES string of the molecule is CC(C)(CC(=O)O)c1c(O)cc(O)cc1O. The molecule has 5 heteroatoms. The molecule has 88 valence electrons.